The molecule has 0 aliphatic carbocycles. The highest BCUT2D eigenvalue weighted by Gasteiger charge is 2.25. The van der Waals surface area contributed by atoms with E-state index in [1.807, 2.05) is 26.8 Å². The molecule has 0 amide bonds. The Kier molecular flexibility index (Phi) is 3.91. The lowest BCUT2D eigenvalue weighted by atomic mass is 10.3. The molecule has 0 aliphatic heterocycles. The van der Waals surface area contributed by atoms with Gasteiger partial charge >= 0.3 is 0 Å². The zero-order valence-electron chi connectivity index (χ0n) is 8.85. The number of hydrogen-bond donors (Lipinski definition) is 0. The van der Waals surface area contributed by atoms with Crippen LogP contribution in [0.5, 0.6) is 0 Å². The third-order valence-corrected chi connectivity index (χ3v) is 3.81. The molecule has 0 aromatic carbocycles. The molecule has 15 heavy (non-hydrogen) atoms. The second kappa shape index (κ2) is 4.79. The van der Waals surface area contributed by atoms with Crippen LogP contribution < -0.4 is 0 Å². The van der Waals surface area contributed by atoms with Gasteiger partial charge in [-0.25, -0.2) is 0 Å². The second-order valence-corrected chi connectivity index (χ2v) is 6.96. The summed E-state index contributed by atoms with van der Waals surface area (Å²) >= 11 is 0.103. The minimum atomic E-state index is -1.24. The van der Waals surface area contributed by atoms with Crippen LogP contribution in [0.4, 0.5) is 0 Å². The van der Waals surface area contributed by atoms with E-state index in [4.69, 9.17) is 5.26 Å². The highest BCUT2D eigenvalue weighted by atomic mass is 32.2. The van der Waals surface area contributed by atoms with Crippen LogP contribution in [0, 0.1) is 11.3 Å². The molecule has 0 saturated carbocycles. The zero-order chi connectivity index (χ0) is 11.5. The second-order valence-electron chi connectivity index (χ2n) is 3.91. The average molecular weight is 240 g/mol. The number of nitriles is 1. The van der Waals surface area contributed by atoms with Crippen molar-refractivity contribution in [1.82, 2.24) is 0 Å². The maximum atomic E-state index is 11.6. The van der Waals surface area contributed by atoms with Crippen molar-refractivity contribution in [2.45, 2.75) is 25.5 Å². The van der Waals surface area contributed by atoms with Gasteiger partial charge in [0.05, 0.1) is 11.1 Å². The highest BCUT2D eigenvalue weighted by molar-refractivity contribution is 7.91. The molecule has 0 aliphatic rings. The lowest BCUT2D eigenvalue weighted by Crippen LogP contribution is -2.25. The van der Waals surface area contributed by atoms with E-state index in [-0.39, 0.29) is 4.75 Å². The predicted molar refractivity (Wildman–Crippen MR) is 64.5 cm³/mol. The number of rotatable bonds is 2. The molecule has 5 heteroatoms. The molecule has 0 radical (unpaired) electrons. The van der Waals surface area contributed by atoms with Gasteiger partial charge in [-0.05, 0) is 32.9 Å². The molecule has 0 N–H and O–H groups in total. The van der Waals surface area contributed by atoms with Crippen molar-refractivity contribution in [3.05, 3.63) is 21.9 Å². The molecule has 1 atom stereocenters. The Balaban J connectivity index is 2.70. The van der Waals surface area contributed by atoms with Gasteiger partial charge < -0.3 is 4.55 Å². The van der Waals surface area contributed by atoms with Crippen LogP contribution in [-0.2, 0) is 11.4 Å². The molecular weight excluding hydrogens is 228 g/mol. The molecule has 1 heterocycles. The molecule has 1 aromatic heterocycles. The van der Waals surface area contributed by atoms with Crippen LogP contribution >= 0.6 is 11.3 Å². The first-order valence-electron chi connectivity index (χ1n) is 4.39. The Morgan fingerprint density at radius 3 is 2.67 bits per heavy atom. The van der Waals surface area contributed by atoms with Gasteiger partial charge in [0, 0.05) is 0 Å². The minimum Gasteiger partial charge on any atom is -0.591 e. The standard InChI is InChI=1S/C10H12N2OS2/c1-10(2,3)15(13)12-7-9-5-4-8(6-11)14-9/h4-5,7H,1-3H3/b12-7+/t15-/m0/s1. The third kappa shape index (κ3) is 3.67. The molecular formula is C10H12N2OS2. The van der Waals surface area contributed by atoms with Crippen LogP contribution in [0.15, 0.2) is 16.5 Å². The highest BCUT2D eigenvalue weighted by Crippen LogP contribution is 2.18. The Morgan fingerprint density at radius 1 is 1.53 bits per heavy atom. The minimum absolute atomic E-state index is 0.341. The zero-order valence-corrected chi connectivity index (χ0v) is 10.5. The Hall–Kier alpha value is -0.830. The average Bonchev–Trinajstić information content (AvgIpc) is 2.60. The smallest absolute Gasteiger partial charge is 0.144 e. The van der Waals surface area contributed by atoms with Crippen LogP contribution in [0.1, 0.15) is 30.5 Å². The Labute approximate surface area is 96.8 Å². The van der Waals surface area contributed by atoms with Gasteiger partial charge in [0.1, 0.15) is 27.1 Å². The van der Waals surface area contributed by atoms with Gasteiger partial charge in [0.15, 0.2) is 0 Å². The lowest BCUT2D eigenvalue weighted by Gasteiger charge is -2.17. The van der Waals surface area contributed by atoms with Gasteiger partial charge in [0.2, 0.25) is 0 Å². The van der Waals surface area contributed by atoms with E-state index in [1.165, 1.54) is 11.3 Å². The van der Waals surface area contributed by atoms with Crippen molar-refractivity contribution in [2.75, 3.05) is 0 Å². The molecule has 3 nitrogen and oxygen atoms in total. The fourth-order valence-corrected chi connectivity index (χ4v) is 2.01. The SMILES string of the molecule is CC(C)(C)[S@+]([O-])/N=C/c1ccc(C#N)s1. The summed E-state index contributed by atoms with van der Waals surface area (Å²) < 4.78 is 15.2. The summed E-state index contributed by atoms with van der Waals surface area (Å²) in [5.41, 5.74) is 0. The van der Waals surface area contributed by atoms with E-state index in [1.54, 1.807) is 18.3 Å². The van der Waals surface area contributed by atoms with Gasteiger partial charge in [0.25, 0.3) is 0 Å². The van der Waals surface area contributed by atoms with E-state index >= 15 is 0 Å². The van der Waals surface area contributed by atoms with Crippen LogP contribution in [-0.4, -0.2) is 15.5 Å². The molecule has 1 aromatic rings. The van der Waals surface area contributed by atoms with Crippen molar-refractivity contribution in [3.8, 4) is 6.07 Å². The third-order valence-electron chi connectivity index (χ3n) is 1.54. The van der Waals surface area contributed by atoms with E-state index in [0.717, 1.165) is 4.88 Å². The maximum Gasteiger partial charge on any atom is 0.144 e. The predicted octanol–water partition coefficient (Wildman–Crippen LogP) is 2.50. The van der Waals surface area contributed by atoms with E-state index < -0.39 is 11.4 Å². The first kappa shape index (κ1) is 12.2. The summed E-state index contributed by atoms with van der Waals surface area (Å²) in [6.07, 6.45) is 1.56. The van der Waals surface area contributed by atoms with E-state index in [2.05, 4.69) is 4.40 Å². The summed E-state index contributed by atoms with van der Waals surface area (Å²) in [5.74, 6) is 0. The van der Waals surface area contributed by atoms with E-state index in [0.29, 0.717) is 4.88 Å². The van der Waals surface area contributed by atoms with Crippen molar-refractivity contribution < 1.29 is 4.55 Å². The quantitative estimate of drug-likeness (QED) is 0.589. The topological polar surface area (TPSA) is 59.2 Å². The fourth-order valence-electron chi connectivity index (χ4n) is 0.740. The Bertz CT molecular complexity index is 398. The van der Waals surface area contributed by atoms with Gasteiger partial charge in [-0.2, -0.15) is 5.26 Å². The number of nitrogens with zero attached hydrogens (tertiary/aromatic N) is 2. The first-order chi connectivity index (χ1) is 6.93. The molecule has 0 bridgehead atoms. The summed E-state index contributed by atoms with van der Waals surface area (Å²) in [5, 5.41) is 8.61. The van der Waals surface area contributed by atoms with Crippen molar-refractivity contribution in [2.24, 2.45) is 4.40 Å². The molecule has 80 valence electrons. The molecule has 0 saturated heterocycles. The van der Waals surface area contributed by atoms with Gasteiger partial charge in [-0.15, -0.1) is 11.3 Å². The number of hydrogen-bond acceptors (Lipinski definition) is 4. The van der Waals surface area contributed by atoms with Crippen molar-refractivity contribution in [1.29, 1.82) is 5.26 Å². The summed E-state index contributed by atoms with van der Waals surface area (Å²) in [6.45, 7) is 5.61. The summed E-state index contributed by atoms with van der Waals surface area (Å²) in [7, 11) is 0. The van der Waals surface area contributed by atoms with E-state index in [9.17, 15) is 4.55 Å². The van der Waals surface area contributed by atoms with Gasteiger partial charge in [-0.1, -0.05) is 4.40 Å². The lowest BCUT2D eigenvalue weighted by molar-refractivity contribution is 0.562. The van der Waals surface area contributed by atoms with Crippen molar-refractivity contribution >= 4 is 28.9 Å². The van der Waals surface area contributed by atoms with Crippen LogP contribution in [0.25, 0.3) is 0 Å². The Morgan fingerprint density at radius 2 is 2.20 bits per heavy atom. The summed E-state index contributed by atoms with van der Waals surface area (Å²) in [6, 6.07) is 5.57. The largest absolute Gasteiger partial charge is 0.591 e. The van der Waals surface area contributed by atoms with Crippen LogP contribution in [0.2, 0.25) is 0 Å². The number of thiophene rings is 1. The molecule has 0 unspecified atom stereocenters. The van der Waals surface area contributed by atoms with Gasteiger partial charge in [-0.3, -0.25) is 0 Å². The van der Waals surface area contributed by atoms with Crippen LogP contribution in [0.3, 0.4) is 0 Å². The molecule has 0 fully saturated rings. The molecule has 0 spiro atoms. The monoisotopic (exact) mass is 240 g/mol. The fraction of sp³-hybridized carbons (Fsp3) is 0.400. The maximum absolute atomic E-state index is 11.6. The molecule has 1 rings (SSSR count). The summed E-state index contributed by atoms with van der Waals surface area (Å²) in [4.78, 5) is 1.49. The van der Waals surface area contributed by atoms with Crippen molar-refractivity contribution in [3.63, 3.8) is 0 Å². The normalized spacial score (nSPS) is 14.1. The first-order valence-corrected chi connectivity index (χ1v) is 6.32.